The van der Waals surface area contributed by atoms with Gasteiger partial charge in [0.1, 0.15) is 53.9 Å². The molecule has 7 fully saturated rings. The van der Waals surface area contributed by atoms with Crippen LogP contribution in [0.3, 0.4) is 0 Å². The second kappa shape index (κ2) is 33.7. The lowest BCUT2D eigenvalue weighted by Gasteiger charge is -2.43. The average molecular weight is 1360 g/mol. The van der Waals surface area contributed by atoms with E-state index in [1.165, 1.54) is 57.5 Å². The maximum Gasteiger partial charge on any atom is 0.393 e. The topological polar surface area (TPSA) is 267 Å². The van der Waals surface area contributed by atoms with E-state index < -0.39 is 155 Å². The van der Waals surface area contributed by atoms with E-state index in [9.17, 15) is 56.3 Å². The van der Waals surface area contributed by atoms with Gasteiger partial charge in [0.2, 0.25) is 65.0 Å². The van der Waals surface area contributed by atoms with E-state index in [1.807, 2.05) is 20.8 Å². The SMILES string of the molecule is CC[C@H](C)[C@@H]1NC(=O)[C@H](CC(C)C)N(C)C(=O)C[C@@H](C)NC(=O)[C@H](C2CCCCC2)N(C)C(=O)C2(CCCC2)NC(=O)[C@@H]2CCCN2C(=O)[C@H](CCC2CCC(C(F)(F)F)C(Cl)C2)NC(=O)CN(C)C(=O)[C@H](CC2CCC(C)CC2)NC(=O)[C@@H]2CCN2C(=O)[C@H](C)N(C)C1=O. The van der Waals surface area contributed by atoms with Gasteiger partial charge in [-0.25, -0.2) is 0 Å². The van der Waals surface area contributed by atoms with Crippen LogP contribution in [0.25, 0.3) is 0 Å². The van der Waals surface area contributed by atoms with Gasteiger partial charge < -0.3 is 56.0 Å². The first-order valence-corrected chi connectivity index (χ1v) is 36.1. The smallest absolute Gasteiger partial charge is 0.351 e. The summed E-state index contributed by atoms with van der Waals surface area (Å²) in [6, 6.07) is -9.64. The number of halogens is 4. The molecule has 11 amide bonds. The minimum Gasteiger partial charge on any atom is -0.351 e. The minimum absolute atomic E-state index is 0.0187. The highest BCUT2D eigenvalue weighted by Crippen LogP contribution is 2.44. The molecule has 7 aliphatic rings. The number of fused-ring (bicyclic) bond motifs is 2. The van der Waals surface area contributed by atoms with E-state index in [1.54, 1.807) is 20.9 Å². The molecule has 22 nitrogen and oxygen atoms in total. The first-order valence-electron chi connectivity index (χ1n) is 35.7. The molecular formula is C69H111ClF3N11O11. The van der Waals surface area contributed by atoms with Crippen molar-refractivity contribution in [2.24, 2.45) is 41.4 Å². The zero-order chi connectivity index (χ0) is 70.0. The van der Waals surface area contributed by atoms with Crippen molar-refractivity contribution in [3.8, 4) is 0 Å². The third-order valence-electron chi connectivity index (χ3n) is 22.4. The molecule has 5 N–H and O–H groups in total. The van der Waals surface area contributed by atoms with Crippen molar-refractivity contribution >= 4 is 76.6 Å². The first-order chi connectivity index (χ1) is 44.8. The number of carbonyl (C=O) groups is 11. The Labute approximate surface area is 565 Å². The van der Waals surface area contributed by atoms with Crippen LogP contribution in [0.2, 0.25) is 0 Å². The Hall–Kier alpha value is -5.75. The Kier molecular flexibility index (Phi) is 27.2. The number of nitrogens with zero attached hydrogens (tertiary/aromatic N) is 6. The molecular weight excluding hydrogens is 1250 g/mol. The van der Waals surface area contributed by atoms with Crippen LogP contribution in [0, 0.1) is 41.4 Å². The maximum atomic E-state index is 15.4. The summed E-state index contributed by atoms with van der Waals surface area (Å²) in [6.07, 6.45) is 6.10. The predicted octanol–water partition coefficient (Wildman–Crippen LogP) is 6.58. The molecule has 0 aromatic heterocycles. The number of rotatable bonds is 10. The van der Waals surface area contributed by atoms with Crippen LogP contribution < -0.4 is 26.6 Å². The molecule has 26 heteroatoms. The molecule has 0 radical (unpaired) electrons. The number of carbonyl (C=O) groups excluding carboxylic acids is 11. The highest BCUT2D eigenvalue weighted by molar-refractivity contribution is 6.20. The summed E-state index contributed by atoms with van der Waals surface area (Å²) in [5, 5.41) is 13.6. The van der Waals surface area contributed by atoms with Crippen molar-refractivity contribution in [2.75, 3.05) is 47.8 Å². The number of nitrogens with one attached hydrogen (secondary N) is 5. The number of likely N-dealkylation sites (N-methyl/N-ethyl adjacent to an activating group) is 4. The van der Waals surface area contributed by atoms with Crippen molar-refractivity contribution in [2.45, 2.75) is 280 Å². The molecule has 0 aromatic carbocycles. The second-order valence-electron chi connectivity index (χ2n) is 30.0. The molecule has 3 aliphatic heterocycles. The molecule has 3 saturated heterocycles. The van der Waals surface area contributed by atoms with Crippen LogP contribution in [-0.2, 0) is 52.7 Å². The van der Waals surface area contributed by atoms with Gasteiger partial charge in [-0.3, -0.25) is 52.7 Å². The fourth-order valence-corrected chi connectivity index (χ4v) is 16.5. The first kappa shape index (κ1) is 76.6. The average Bonchev–Trinajstić information content (AvgIpc) is 1.77. The monoisotopic (exact) mass is 1360 g/mol. The van der Waals surface area contributed by atoms with Gasteiger partial charge in [0.15, 0.2) is 0 Å². The quantitative estimate of drug-likeness (QED) is 0.146. The largest absolute Gasteiger partial charge is 0.393 e. The summed E-state index contributed by atoms with van der Waals surface area (Å²) in [5.41, 5.74) is -1.46. The van der Waals surface area contributed by atoms with E-state index in [2.05, 4.69) is 33.5 Å². The van der Waals surface area contributed by atoms with Gasteiger partial charge in [0.05, 0.1) is 12.5 Å². The normalized spacial score (nSPS) is 33.3. The van der Waals surface area contributed by atoms with Gasteiger partial charge in [0, 0.05) is 59.1 Å². The summed E-state index contributed by atoms with van der Waals surface area (Å²) in [6.45, 7) is 12.6. The van der Waals surface area contributed by atoms with Crippen LogP contribution in [0.4, 0.5) is 13.2 Å². The molecule has 4 saturated carbocycles. The minimum atomic E-state index is -4.49. The number of hydrogen-bond donors (Lipinski definition) is 5. The van der Waals surface area contributed by atoms with Crippen LogP contribution in [0.1, 0.15) is 209 Å². The molecule has 3 unspecified atom stereocenters. The third kappa shape index (κ3) is 19.1. The maximum absolute atomic E-state index is 15.4. The molecule has 4 aliphatic carbocycles. The standard InChI is InChI=1S/C69H111ClF3N11O11/c1-12-42(5)57-66(94)80(9)44(7)63(91)84-34-30-53(84)59(87)76-51(38-46-24-22-41(4)23-25-46)64(92)79(8)39-55(85)75-50(29-27-45-26-28-48(49(70)37-45)69(71,72)73)65(93)83-33-18-21-52(83)61(89)78-68(31-16-17-32-68)67(95)82(11)58(47-19-14-13-15-20-47)62(90)74-43(6)36-56(86)81(10)54(35-40(2)3)60(88)77-57/h40-54,57-58H,12-39H2,1-11H3,(H,74,90)(H,75,85)(H,76,87)(H,77,88)(H,78,89)/t41?,42-,43+,44-,45?,46?,48?,49?,50-,51-,52-,53-,54-,57-,58-/m0/s1. The van der Waals surface area contributed by atoms with E-state index in [0.717, 1.165) is 44.9 Å². The van der Waals surface area contributed by atoms with Crippen molar-refractivity contribution in [1.82, 2.24) is 56.0 Å². The third-order valence-corrected chi connectivity index (χ3v) is 22.9. The van der Waals surface area contributed by atoms with Crippen molar-refractivity contribution in [3.05, 3.63) is 0 Å². The van der Waals surface area contributed by atoms with E-state index in [0.29, 0.717) is 44.4 Å². The zero-order valence-electron chi connectivity index (χ0n) is 58.3. The summed E-state index contributed by atoms with van der Waals surface area (Å²) < 4.78 is 41.9. The van der Waals surface area contributed by atoms with Gasteiger partial charge in [-0.1, -0.05) is 98.8 Å². The van der Waals surface area contributed by atoms with Crippen LogP contribution in [0.5, 0.6) is 0 Å². The van der Waals surface area contributed by atoms with Crippen molar-refractivity contribution in [1.29, 1.82) is 0 Å². The van der Waals surface area contributed by atoms with Crippen LogP contribution >= 0.6 is 11.6 Å². The fourth-order valence-electron chi connectivity index (χ4n) is 16.0. The number of alkyl halides is 4. The van der Waals surface area contributed by atoms with E-state index >= 15 is 9.59 Å². The zero-order valence-corrected chi connectivity index (χ0v) is 59.1. The predicted molar refractivity (Wildman–Crippen MR) is 352 cm³/mol. The Morgan fingerprint density at radius 1 is 0.600 bits per heavy atom. The summed E-state index contributed by atoms with van der Waals surface area (Å²) in [4.78, 5) is 170. The summed E-state index contributed by atoms with van der Waals surface area (Å²) in [5.74, 6) is -8.61. The second-order valence-corrected chi connectivity index (χ2v) is 30.5. The van der Waals surface area contributed by atoms with Gasteiger partial charge >= 0.3 is 6.18 Å². The van der Waals surface area contributed by atoms with Gasteiger partial charge in [-0.2, -0.15) is 13.2 Å². The molecule has 95 heavy (non-hydrogen) atoms. The van der Waals surface area contributed by atoms with Crippen LogP contribution in [-0.4, -0.2) is 214 Å². The Balaban J connectivity index is 1.22. The molecule has 536 valence electrons. The Morgan fingerprint density at radius 2 is 1.23 bits per heavy atom. The molecule has 3 heterocycles. The summed E-state index contributed by atoms with van der Waals surface area (Å²) in [7, 11) is 5.94. The lowest BCUT2D eigenvalue weighted by molar-refractivity contribution is -0.182. The van der Waals surface area contributed by atoms with Crippen LogP contribution in [0.15, 0.2) is 0 Å². The van der Waals surface area contributed by atoms with Gasteiger partial charge in [-0.05, 0) is 139 Å². The Bertz CT molecular complexity index is 2740. The van der Waals surface area contributed by atoms with Gasteiger partial charge in [0.25, 0.3) is 0 Å². The van der Waals surface area contributed by atoms with Crippen molar-refractivity contribution < 1.29 is 65.9 Å². The molecule has 0 bridgehead atoms. The van der Waals surface area contributed by atoms with E-state index in [4.69, 9.17) is 11.6 Å². The highest BCUT2D eigenvalue weighted by Gasteiger charge is 2.52. The Morgan fingerprint density at radius 3 is 1.83 bits per heavy atom. The molecule has 7 rings (SSSR count). The number of amides is 11. The van der Waals surface area contributed by atoms with Gasteiger partial charge in [-0.15, -0.1) is 11.6 Å². The lowest BCUT2D eigenvalue weighted by Crippen LogP contribution is -2.65. The number of hydrogen-bond acceptors (Lipinski definition) is 11. The van der Waals surface area contributed by atoms with Crippen molar-refractivity contribution in [3.63, 3.8) is 0 Å². The summed E-state index contributed by atoms with van der Waals surface area (Å²) >= 11 is 6.39. The highest BCUT2D eigenvalue weighted by atomic mass is 35.5. The fraction of sp³-hybridized carbons (Fsp3) is 0.841. The lowest BCUT2D eigenvalue weighted by atomic mass is 9.78. The molecule has 0 aromatic rings. The molecule has 1 spiro atoms. The molecule has 13 atom stereocenters. The van der Waals surface area contributed by atoms with E-state index in [-0.39, 0.29) is 114 Å².